The lowest BCUT2D eigenvalue weighted by Gasteiger charge is -2.13. The van der Waals surface area contributed by atoms with Crippen molar-refractivity contribution in [2.75, 3.05) is 13.7 Å². The quantitative estimate of drug-likeness (QED) is 0.727. The van der Waals surface area contributed by atoms with Crippen LogP contribution in [0.3, 0.4) is 0 Å². The molecule has 0 aromatic carbocycles. The van der Waals surface area contributed by atoms with E-state index in [4.69, 9.17) is 5.11 Å². The highest BCUT2D eigenvalue weighted by Gasteiger charge is 2.26. The maximum Gasteiger partial charge on any atom is 0.326 e. The van der Waals surface area contributed by atoms with E-state index in [1.54, 1.807) is 6.07 Å². The summed E-state index contributed by atoms with van der Waals surface area (Å²) in [7, 11) is -2.68. The third-order valence-corrected chi connectivity index (χ3v) is 5.41. The van der Waals surface area contributed by atoms with Crippen LogP contribution in [0.4, 0.5) is 0 Å². The van der Waals surface area contributed by atoms with E-state index in [9.17, 15) is 13.2 Å². The van der Waals surface area contributed by atoms with Gasteiger partial charge in [-0.1, -0.05) is 6.92 Å². The van der Waals surface area contributed by atoms with E-state index in [-0.39, 0.29) is 4.21 Å². The summed E-state index contributed by atoms with van der Waals surface area (Å²) in [5.41, 5.74) is 0. The molecule has 0 radical (unpaired) electrons. The van der Waals surface area contributed by atoms with Gasteiger partial charge in [-0.3, -0.25) is 4.79 Å². The summed E-state index contributed by atoms with van der Waals surface area (Å²) in [6, 6.07) is 1.90. The molecule has 0 aliphatic rings. The maximum atomic E-state index is 11.9. The van der Waals surface area contributed by atoms with Gasteiger partial charge in [0.1, 0.15) is 10.3 Å². The minimum absolute atomic E-state index is 0.113. The first-order valence-electron chi connectivity index (χ1n) is 5.24. The van der Waals surface area contributed by atoms with Gasteiger partial charge in [0.05, 0.1) is 13.7 Å². The predicted octanol–water partition coefficient (Wildman–Crippen LogP) is 0.123. The van der Waals surface area contributed by atoms with Gasteiger partial charge in [-0.15, -0.1) is 11.3 Å². The van der Waals surface area contributed by atoms with Crippen LogP contribution >= 0.6 is 11.3 Å². The van der Waals surface area contributed by atoms with Crippen LogP contribution in [0.5, 0.6) is 0 Å². The average Bonchev–Trinajstić information content (AvgIpc) is 2.84. The Morgan fingerprint density at radius 3 is 2.67 bits per heavy atom. The number of ether oxygens (including phenoxy) is 1. The first kappa shape index (κ1) is 15.1. The number of aryl methyl sites for hydroxylation is 1. The fourth-order valence-corrected chi connectivity index (χ4v) is 3.73. The zero-order valence-corrected chi connectivity index (χ0v) is 11.7. The molecule has 0 fully saturated rings. The fraction of sp³-hybridized carbons (Fsp3) is 0.500. The summed E-state index contributed by atoms with van der Waals surface area (Å²) in [6.45, 7) is 1.26. The molecule has 1 heterocycles. The first-order chi connectivity index (χ1) is 8.44. The Bertz CT molecular complexity index is 508. The second-order valence-electron chi connectivity index (χ2n) is 3.45. The molecule has 1 aromatic rings. The molecule has 1 atom stereocenters. The van der Waals surface area contributed by atoms with E-state index in [0.29, 0.717) is 0 Å². The Labute approximate surface area is 110 Å². The number of aliphatic hydroxyl groups excluding tert-OH is 1. The number of carbonyl (C=O) groups is 1. The van der Waals surface area contributed by atoms with Gasteiger partial charge >= 0.3 is 5.97 Å². The second kappa shape index (κ2) is 6.28. The monoisotopic (exact) mass is 293 g/mol. The fourth-order valence-electron chi connectivity index (χ4n) is 1.24. The zero-order valence-electron chi connectivity index (χ0n) is 10.0. The zero-order chi connectivity index (χ0) is 13.8. The van der Waals surface area contributed by atoms with Crippen molar-refractivity contribution in [3.63, 3.8) is 0 Å². The Kier molecular flexibility index (Phi) is 5.27. The van der Waals surface area contributed by atoms with Crippen molar-refractivity contribution in [3.05, 3.63) is 17.0 Å². The molecule has 102 valence electrons. The third-order valence-electron chi connectivity index (χ3n) is 2.22. The topological polar surface area (TPSA) is 92.7 Å². The van der Waals surface area contributed by atoms with Crippen LogP contribution in [-0.4, -0.2) is 39.3 Å². The molecule has 8 heteroatoms. The van der Waals surface area contributed by atoms with Gasteiger partial charge in [0.2, 0.25) is 0 Å². The van der Waals surface area contributed by atoms with Crippen molar-refractivity contribution in [3.8, 4) is 0 Å². The predicted molar refractivity (Wildman–Crippen MR) is 66.9 cm³/mol. The number of nitrogens with one attached hydrogen (secondary N) is 1. The smallest absolute Gasteiger partial charge is 0.326 e. The number of sulfonamides is 1. The highest BCUT2D eigenvalue weighted by atomic mass is 32.2. The van der Waals surface area contributed by atoms with Crippen LogP contribution in [0.15, 0.2) is 16.3 Å². The van der Waals surface area contributed by atoms with E-state index >= 15 is 0 Å². The Morgan fingerprint density at radius 1 is 1.56 bits per heavy atom. The van der Waals surface area contributed by atoms with Crippen LogP contribution in [-0.2, 0) is 26.0 Å². The lowest BCUT2D eigenvalue weighted by atomic mass is 10.3. The van der Waals surface area contributed by atoms with Gasteiger partial charge < -0.3 is 9.84 Å². The number of thiophene rings is 1. The summed E-state index contributed by atoms with van der Waals surface area (Å²) in [5.74, 6) is -0.826. The number of methoxy groups -OCH3 is 1. The molecule has 0 amide bonds. The number of hydrogen-bond donors (Lipinski definition) is 2. The molecule has 0 saturated carbocycles. The van der Waals surface area contributed by atoms with Gasteiger partial charge in [0.25, 0.3) is 10.0 Å². The highest BCUT2D eigenvalue weighted by molar-refractivity contribution is 7.91. The molecule has 1 unspecified atom stereocenters. The van der Waals surface area contributed by atoms with Crippen molar-refractivity contribution in [2.45, 2.75) is 23.6 Å². The average molecular weight is 293 g/mol. The molecular formula is C10H15NO5S2. The van der Waals surface area contributed by atoms with E-state index in [1.807, 2.05) is 6.92 Å². The highest BCUT2D eigenvalue weighted by Crippen LogP contribution is 2.21. The van der Waals surface area contributed by atoms with E-state index in [1.165, 1.54) is 6.07 Å². The number of rotatable bonds is 6. The number of aliphatic hydroxyl groups is 1. The minimum atomic E-state index is -3.81. The summed E-state index contributed by atoms with van der Waals surface area (Å²) >= 11 is 1.13. The number of hydrogen-bond acceptors (Lipinski definition) is 6. The Hall–Kier alpha value is -0.960. The minimum Gasteiger partial charge on any atom is -0.468 e. The summed E-state index contributed by atoms with van der Waals surface area (Å²) < 4.78 is 30.5. The van der Waals surface area contributed by atoms with Crippen LogP contribution in [0.1, 0.15) is 11.8 Å². The van der Waals surface area contributed by atoms with E-state index in [2.05, 4.69) is 9.46 Å². The van der Waals surface area contributed by atoms with Crippen molar-refractivity contribution in [1.29, 1.82) is 0 Å². The number of carbonyl (C=O) groups excluding carboxylic acids is 1. The molecule has 18 heavy (non-hydrogen) atoms. The lowest BCUT2D eigenvalue weighted by molar-refractivity contribution is -0.143. The van der Waals surface area contributed by atoms with Gasteiger partial charge in [0.15, 0.2) is 0 Å². The SMILES string of the molecule is CCc1ccc(S(=O)(=O)NC(CO)C(=O)OC)s1. The first-order valence-corrected chi connectivity index (χ1v) is 7.54. The van der Waals surface area contributed by atoms with Crippen LogP contribution in [0, 0.1) is 0 Å². The molecule has 0 saturated heterocycles. The van der Waals surface area contributed by atoms with Gasteiger partial charge in [-0.2, -0.15) is 4.72 Å². The van der Waals surface area contributed by atoms with Crippen molar-refractivity contribution < 1.29 is 23.1 Å². The largest absolute Gasteiger partial charge is 0.468 e. The van der Waals surface area contributed by atoms with Gasteiger partial charge in [-0.25, -0.2) is 8.42 Å². The molecule has 1 rings (SSSR count). The molecule has 0 aliphatic heterocycles. The molecule has 0 bridgehead atoms. The van der Waals surface area contributed by atoms with Crippen LogP contribution < -0.4 is 4.72 Å². The lowest BCUT2D eigenvalue weighted by Crippen LogP contribution is -2.43. The van der Waals surface area contributed by atoms with Gasteiger partial charge in [0, 0.05) is 4.88 Å². The van der Waals surface area contributed by atoms with Crippen molar-refractivity contribution in [1.82, 2.24) is 4.72 Å². The van der Waals surface area contributed by atoms with Crippen LogP contribution in [0.25, 0.3) is 0 Å². The summed E-state index contributed by atoms with van der Waals surface area (Å²) in [5, 5.41) is 8.96. The number of esters is 1. The van der Waals surface area contributed by atoms with Crippen LogP contribution in [0.2, 0.25) is 0 Å². The molecule has 0 spiro atoms. The Balaban J connectivity index is 2.90. The molecular weight excluding hydrogens is 278 g/mol. The van der Waals surface area contributed by atoms with Gasteiger partial charge in [-0.05, 0) is 18.6 Å². The molecule has 1 aromatic heterocycles. The van der Waals surface area contributed by atoms with E-state index < -0.39 is 28.6 Å². The maximum absolute atomic E-state index is 11.9. The van der Waals surface area contributed by atoms with Crippen molar-refractivity contribution in [2.24, 2.45) is 0 Å². The molecule has 0 aliphatic carbocycles. The van der Waals surface area contributed by atoms with E-state index in [0.717, 1.165) is 29.7 Å². The standard InChI is InChI=1S/C10H15NO5S2/c1-3-7-4-5-9(17-7)18(14,15)11-8(6-12)10(13)16-2/h4-5,8,11-12H,3,6H2,1-2H3. The molecule has 2 N–H and O–H groups in total. The van der Waals surface area contributed by atoms with Crippen molar-refractivity contribution >= 4 is 27.3 Å². The summed E-state index contributed by atoms with van der Waals surface area (Å²) in [4.78, 5) is 12.1. The normalized spacial score (nSPS) is 13.3. The second-order valence-corrected chi connectivity index (χ2v) is 6.56. The molecule has 6 nitrogen and oxygen atoms in total. The summed E-state index contributed by atoms with van der Waals surface area (Å²) in [6.07, 6.45) is 0.737. The third kappa shape index (κ3) is 3.52. The Morgan fingerprint density at radius 2 is 2.22 bits per heavy atom.